The Labute approximate surface area is 154 Å². The summed E-state index contributed by atoms with van der Waals surface area (Å²) >= 11 is 0. The van der Waals surface area contributed by atoms with Crippen molar-refractivity contribution < 1.29 is 14.3 Å². The number of benzene rings is 2. The van der Waals surface area contributed by atoms with E-state index in [-0.39, 0.29) is 5.97 Å². The van der Waals surface area contributed by atoms with Crippen LogP contribution in [0.1, 0.15) is 31.9 Å². The average Bonchev–Trinajstić information content (AvgIpc) is 2.66. The number of ether oxygens (including phenoxy) is 2. The molecule has 1 aliphatic rings. The smallest absolute Gasteiger partial charge is 0.321 e. The summed E-state index contributed by atoms with van der Waals surface area (Å²) in [7, 11) is 0. The molecular formula is C23H22O3. The van der Waals surface area contributed by atoms with Crippen molar-refractivity contribution in [3.05, 3.63) is 77.9 Å². The molecule has 0 aliphatic carbocycles. The number of carbonyl (C=O) groups is 1. The van der Waals surface area contributed by atoms with Crippen molar-refractivity contribution in [3.8, 4) is 11.8 Å². The van der Waals surface area contributed by atoms with E-state index in [1.165, 1.54) is 0 Å². The fourth-order valence-corrected chi connectivity index (χ4v) is 2.88. The van der Waals surface area contributed by atoms with Crippen LogP contribution in [-0.2, 0) is 14.3 Å². The molecule has 2 aromatic rings. The maximum Gasteiger partial charge on any atom is 0.321 e. The first-order valence-electron chi connectivity index (χ1n) is 8.71. The summed E-state index contributed by atoms with van der Waals surface area (Å²) in [6.45, 7) is 5.95. The first-order chi connectivity index (χ1) is 12.5. The number of hydrogen-bond acceptors (Lipinski definition) is 3. The standard InChI is InChI=1S/C23H22O3/c1-4-25-23(16-15-18-11-7-5-8-12-18)17-20(19-13-9-6-10-14-19)26-21(24)22(23,2)3/h5-14,17H,4H2,1-3H3. The molecular weight excluding hydrogens is 324 g/mol. The van der Waals surface area contributed by atoms with Crippen molar-refractivity contribution in [2.45, 2.75) is 26.4 Å². The van der Waals surface area contributed by atoms with Gasteiger partial charge in [-0.3, -0.25) is 4.79 Å². The lowest BCUT2D eigenvalue weighted by molar-refractivity contribution is -0.161. The van der Waals surface area contributed by atoms with Gasteiger partial charge in [0.05, 0.1) is 0 Å². The molecule has 26 heavy (non-hydrogen) atoms. The zero-order valence-corrected chi connectivity index (χ0v) is 15.3. The second-order valence-electron chi connectivity index (χ2n) is 6.67. The lowest BCUT2D eigenvalue weighted by Gasteiger charge is -2.42. The van der Waals surface area contributed by atoms with Gasteiger partial charge in [0.1, 0.15) is 11.2 Å². The third kappa shape index (κ3) is 3.29. The summed E-state index contributed by atoms with van der Waals surface area (Å²) in [6.07, 6.45) is 1.84. The van der Waals surface area contributed by atoms with E-state index in [9.17, 15) is 4.79 Å². The van der Waals surface area contributed by atoms with Crippen molar-refractivity contribution >= 4 is 11.7 Å². The summed E-state index contributed by atoms with van der Waals surface area (Å²) in [5.74, 6) is 6.51. The minimum Gasteiger partial charge on any atom is -0.426 e. The largest absolute Gasteiger partial charge is 0.426 e. The van der Waals surface area contributed by atoms with Crippen molar-refractivity contribution in [1.82, 2.24) is 0 Å². The molecule has 132 valence electrons. The van der Waals surface area contributed by atoms with Crippen molar-refractivity contribution in [2.75, 3.05) is 6.61 Å². The predicted octanol–water partition coefficient (Wildman–Crippen LogP) is 4.44. The quantitative estimate of drug-likeness (QED) is 0.609. The average molecular weight is 346 g/mol. The second kappa shape index (κ2) is 7.19. The van der Waals surface area contributed by atoms with E-state index in [1.54, 1.807) is 0 Å². The molecule has 3 rings (SSSR count). The first-order valence-corrected chi connectivity index (χ1v) is 8.71. The Morgan fingerprint density at radius 2 is 1.62 bits per heavy atom. The second-order valence-corrected chi connectivity index (χ2v) is 6.67. The van der Waals surface area contributed by atoms with Crippen LogP contribution < -0.4 is 0 Å². The third-order valence-electron chi connectivity index (χ3n) is 4.57. The number of esters is 1. The minimum atomic E-state index is -1.07. The van der Waals surface area contributed by atoms with E-state index in [2.05, 4.69) is 11.8 Å². The van der Waals surface area contributed by atoms with Crippen LogP contribution in [0.25, 0.3) is 5.76 Å². The van der Waals surface area contributed by atoms with E-state index in [4.69, 9.17) is 9.47 Å². The molecule has 0 fully saturated rings. The Balaban J connectivity index is 2.15. The van der Waals surface area contributed by atoms with Gasteiger partial charge in [0, 0.05) is 23.8 Å². The zero-order valence-electron chi connectivity index (χ0n) is 15.3. The van der Waals surface area contributed by atoms with Gasteiger partial charge in [0.25, 0.3) is 0 Å². The number of carbonyl (C=O) groups excluding carboxylic acids is 1. The molecule has 0 amide bonds. The summed E-state index contributed by atoms with van der Waals surface area (Å²) in [4.78, 5) is 12.8. The maximum absolute atomic E-state index is 12.8. The summed E-state index contributed by atoms with van der Waals surface area (Å²) in [5.41, 5.74) is -0.320. The van der Waals surface area contributed by atoms with E-state index in [0.717, 1.165) is 11.1 Å². The Morgan fingerprint density at radius 3 is 2.23 bits per heavy atom. The van der Waals surface area contributed by atoms with Gasteiger partial charge in [0.15, 0.2) is 5.60 Å². The van der Waals surface area contributed by atoms with E-state index in [1.807, 2.05) is 87.5 Å². The fraction of sp³-hybridized carbons (Fsp3) is 0.261. The molecule has 0 N–H and O–H groups in total. The normalized spacial score (nSPS) is 21.2. The van der Waals surface area contributed by atoms with E-state index in [0.29, 0.717) is 12.4 Å². The number of rotatable bonds is 3. The van der Waals surface area contributed by atoms with Gasteiger partial charge in [-0.2, -0.15) is 0 Å². The molecule has 2 aromatic carbocycles. The van der Waals surface area contributed by atoms with E-state index >= 15 is 0 Å². The Hall–Kier alpha value is -2.83. The van der Waals surface area contributed by atoms with Gasteiger partial charge in [0.2, 0.25) is 0 Å². The molecule has 1 heterocycles. The van der Waals surface area contributed by atoms with Crippen LogP contribution in [0.5, 0.6) is 0 Å². The van der Waals surface area contributed by atoms with Crippen LogP contribution in [-0.4, -0.2) is 18.2 Å². The fourth-order valence-electron chi connectivity index (χ4n) is 2.88. The van der Waals surface area contributed by atoms with Crippen LogP contribution >= 0.6 is 0 Å². The highest BCUT2D eigenvalue weighted by Gasteiger charge is 2.53. The van der Waals surface area contributed by atoms with Crippen molar-refractivity contribution in [2.24, 2.45) is 5.41 Å². The minimum absolute atomic E-state index is 0.352. The molecule has 0 saturated carbocycles. The lowest BCUT2D eigenvalue weighted by Crippen LogP contribution is -2.52. The van der Waals surface area contributed by atoms with Gasteiger partial charge in [-0.25, -0.2) is 0 Å². The molecule has 0 radical (unpaired) electrons. The highest BCUT2D eigenvalue weighted by atomic mass is 16.6. The van der Waals surface area contributed by atoms with Crippen LogP contribution in [0.3, 0.4) is 0 Å². The van der Waals surface area contributed by atoms with Gasteiger partial charge < -0.3 is 9.47 Å². The highest BCUT2D eigenvalue weighted by Crippen LogP contribution is 2.43. The lowest BCUT2D eigenvalue weighted by atomic mass is 9.72. The summed E-state index contributed by atoms with van der Waals surface area (Å²) < 4.78 is 11.7. The van der Waals surface area contributed by atoms with E-state index < -0.39 is 11.0 Å². The topological polar surface area (TPSA) is 35.5 Å². The molecule has 0 saturated heterocycles. The monoisotopic (exact) mass is 346 g/mol. The van der Waals surface area contributed by atoms with Crippen LogP contribution in [0.2, 0.25) is 0 Å². The molecule has 3 heteroatoms. The van der Waals surface area contributed by atoms with Crippen molar-refractivity contribution in [1.29, 1.82) is 0 Å². The van der Waals surface area contributed by atoms with Crippen LogP contribution in [0, 0.1) is 17.3 Å². The Kier molecular flexibility index (Phi) is 4.97. The van der Waals surface area contributed by atoms with Gasteiger partial charge in [-0.15, -0.1) is 0 Å². The Bertz CT molecular complexity index is 870. The van der Waals surface area contributed by atoms with Gasteiger partial charge in [-0.1, -0.05) is 60.4 Å². The summed E-state index contributed by atoms with van der Waals surface area (Å²) in [6, 6.07) is 19.2. The molecule has 0 spiro atoms. The molecule has 1 unspecified atom stereocenters. The van der Waals surface area contributed by atoms with Crippen LogP contribution in [0.4, 0.5) is 0 Å². The number of cyclic esters (lactones) is 1. The molecule has 3 nitrogen and oxygen atoms in total. The maximum atomic E-state index is 12.8. The summed E-state index contributed by atoms with van der Waals surface area (Å²) in [5, 5.41) is 0. The van der Waals surface area contributed by atoms with Crippen LogP contribution in [0.15, 0.2) is 66.7 Å². The SMILES string of the molecule is CCOC1(C#Cc2ccccc2)C=C(c2ccccc2)OC(=O)C1(C)C. The highest BCUT2D eigenvalue weighted by molar-refractivity contribution is 5.88. The molecule has 0 bridgehead atoms. The van der Waals surface area contributed by atoms with Gasteiger partial charge >= 0.3 is 5.97 Å². The molecule has 1 atom stereocenters. The predicted molar refractivity (Wildman–Crippen MR) is 102 cm³/mol. The van der Waals surface area contributed by atoms with Gasteiger partial charge in [-0.05, 0) is 32.9 Å². The number of hydrogen-bond donors (Lipinski definition) is 0. The third-order valence-corrected chi connectivity index (χ3v) is 4.57. The first kappa shape index (κ1) is 18.0. The molecule has 0 aromatic heterocycles. The van der Waals surface area contributed by atoms with Crippen molar-refractivity contribution in [3.63, 3.8) is 0 Å². The molecule has 1 aliphatic heterocycles. The zero-order chi connectivity index (χ0) is 18.6. The Morgan fingerprint density at radius 1 is 1.00 bits per heavy atom.